The van der Waals surface area contributed by atoms with Gasteiger partial charge >= 0.3 is 0 Å². The zero-order valence-electron chi connectivity index (χ0n) is 20.1. The van der Waals surface area contributed by atoms with E-state index in [4.69, 9.17) is 14.6 Å². The van der Waals surface area contributed by atoms with Gasteiger partial charge in [0.15, 0.2) is 0 Å². The third kappa shape index (κ3) is 4.79. The van der Waals surface area contributed by atoms with Crippen LogP contribution in [-0.2, 0) is 13.0 Å². The zero-order valence-corrected chi connectivity index (χ0v) is 20.1. The number of rotatable bonds is 7. The molecule has 1 aromatic heterocycles. The van der Waals surface area contributed by atoms with Crippen LogP contribution in [0.25, 0.3) is 17.0 Å². The van der Waals surface area contributed by atoms with Gasteiger partial charge in [-0.3, -0.25) is 9.58 Å². The van der Waals surface area contributed by atoms with Gasteiger partial charge in [0.2, 0.25) is 0 Å². The molecule has 2 aliphatic heterocycles. The van der Waals surface area contributed by atoms with Crippen LogP contribution >= 0.6 is 0 Å². The number of hydrogen-bond acceptors (Lipinski definition) is 4. The number of nitrogens with zero attached hydrogens (tertiary/aromatic N) is 3. The van der Waals surface area contributed by atoms with Crippen molar-refractivity contribution in [2.75, 3.05) is 26.2 Å². The number of ether oxygens (including phenoxy) is 2. The van der Waals surface area contributed by atoms with Crippen LogP contribution in [0.3, 0.4) is 0 Å². The highest BCUT2D eigenvalue weighted by Crippen LogP contribution is 2.31. The first-order valence-electron chi connectivity index (χ1n) is 12.4. The summed E-state index contributed by atoms with van der Waals surface area (Å²) in [7, 11) is 0. The van der Waals surface area contributed by atoms with Gasteiger partial charge in [-0.15, -0.1) is 0 Å². The first-order chi connectivity index (χ1) is 16.1. The van der Waals surface area contributed by atoms with Gasteiger partial charge in [-0.25, -0.2) is 0 Å². The summed E-state index contributed by atoms with van der Waals surface area (Å²) in [6, 6.07) is 13.1. The lowest BCUT2D eigenvalue weighted by molar-refractivity contribution is 0.234. The molecule has 0 unspecified atom stereocenters. The fourth-order valence-electron chi connectivity index (χ4n) is 4.94. The number of aromatic nitrogens is 2. The van der Waals surface area contributed by atoms with E-state index in [1.165, 1.54) is 48.8 Å². The van der Waals surface area contributed by atoms with Crippen molar-refractivity contribution >= 4 is 17.0 Å². The summed E-state index contributed by atoms with van der Waals surface area (Å²) in [4.78, 5) is 2.55. The first kappa shape index (κ1) is 22.0. The highest BCUT2D eigenvalue weighted by molar-refractivity contribution is 5.83. The van der Waals surface area contributed by atoms with E-state index in [9.17, 15) is 0 Å². The van der Waals surface area contributed by atoms with E-state index in [1.54, 1.807) is 0 Å². The molecule has 2 aliphatic rings. The molecule has 0 atom stereocenters. The van der Waals surface area contributed by atoms with Crippen LogP contribution < -0.4 is 9.47 Å². The van der Waals surface area contributed by atoms with E-state index in [2.05, 4.69) is 66.8 Å². The van der Waals surface area contributed by atoms with Gasteiger partial charge in [-0.2, -0.15) is 5.10 Å². The maximum Gasteiger partial charge on any atom is 0.130 e. The Morgan fingerprint density at radius 3 is 2.70 bits per heavy atom. The van der Waals surface area contributed by atoms with Crippen LogP contribution in [0.2, 0.25) is 0 Å². The maximum atomic E-state index is 6.15. The second-order valence-corrected chi connectivity index (χ2v) is 9.61. The average Bonchev–Trinajstić information content (AvgIpc) is 3.22. The predicted octanol–water partition coefficient (Wildman–Crippen LogP) is 6.02. The van der Waals surface area contributed by atoms with E-state index in [1.807, 2.05) is 6.07 Å². The number of aryl methyl sites for hydroxylation is 1. The van der Waals surface area contributed by atoms with Crippen molar-refractivity contribution in [2.45, 2.75) is 59.1 Å². The minimum atomic E-state index is 0.347. The number of piperidine rings is 1. The molecule has 174 valence electrons. The molecule has 33 heavy (non-hydrogen) atoms. The Balaban J connectivity index is 1.27. The number of benzene rings is 2. The fraction of sp³-hybridized carbons (Fsp3) is 0.464. The molecule has 5 rings (SSSR count). The van der Waals surface area contributed by atoms with Crippen molar-refractivity contribution in [2.24, 2.45) is 0 Å². The minimum absolute atomic E-state index is 0.347. The molecule has 2 aromatic carbocycles. The summed E-state index contributed by atoms with van der Waals surface area (Å²) < 4.78 is 14.4. The lowest BCUT2D eigenvalue weighted by atomic mass is 10.1. The normalized spacial score (nSPS) is 16.5. The van der Waals surface area contributed by atoms with E-state index < -0.39 is 0 Å². The van der Waals surface area contributed by atoms with E-state index in [0.29, 0.717) is 19.3 Å². The van der Waals surface area contributed by atoms with Crippen LogP contribution in [0.15, 0.2) is 42.0 Å². The summed E-state index contributed by atoms with van der Waals surface area (Å²) in [5, 5.41) is 6.04. The molecule has 0 spiro atoms. The topological polar surface area (TPSA) is 39.5 Å². The van der Waals surface area contributed by atoms with Crippen molar-refractivity contribution in [1.29, 1.82) is 0 Å². The molecular weight excluding hydrogens is 410 g/mol. The fourth-order valence-corrected chi connectivity index (χ4v) is 4.94. The smallest absolute Gasteiger partial charge is 0.130 e. The molecular formula is C28H35N3O2. The maximum absolute atomic E-state index is 6.15. The summed E-state index contributed by atoms with van der Waals surface area (Å²) in [6.07, 6.45) is 7.23. The average molecular weight is 446 g/mol. The third-order valence-electron chi connectivity index (χ3n) is 6.71. The summed E-state index contributed by atoms with van der Waals surface area (Å²) in [5.74, 6) is 1.76. The monoisotopic (exact) mass is 445 g/mol. The van der Waals surface area contributed by atoms with Gasteiger partial charge in [-0.1, -0.05) is 19.4 Å². The largest absolute Gasteiger partial charge is 0.489 e. The van der Waals surface area contributed by atoms with Crippen LogP contribution in [0.5, 0.6) is 11.5 Å². The predicted molar refractivity (Wildman–Crippen MR) is 134 cm³/mol. The molecule has 5 nitrogen and oxygen atoms in total. The standard InChI is InChI=1S/C28H35N3O2/c1-4-26-25-15-21(8-11-27(25)31(29-26)20(2)3)18-32-24-10-9-23-14-22(19-33-28(23)16-24)17-30-12-6-5-7-13-30/h8-11,14-16,20H,4-7,12-13,17-19H2,1-3H3. The Kier molecular flexibility index (Phi) is 6.41. The van der Waals surface area contributed by atoms with Crippen molar-refractivity contribution in [3.63, 3.8) is 0 Å². The third-order valence-corrected chi connectivity index (χ3v) is 6.71. The SMILES string of the molecule is CCc1nn(C(C)C)c2ccc(COc3ccc4c(c3)OCC(CN3CCCCC3)=C4)cc12. The Bertz CT molecular complexity index is 1160. The van der Waals surface area contributed by atoms with Gasteiger partial charge < -0.3 is 9.47 Å². The molecule has 0 bridgehead atoms. The quantitative estimate of drug-likeness (QED) is 0.446. The Morgan fingerprint density at radius 1 is 1.06 bits per heavy atom. The number of likely N-dealkylation sites (tertiary alicyclic amines) is 1. The second-order valence-electron chi connectivity index (χ2n) is 9.61. The van der Waals surface area contributed by atoms with E-state index >= 15 is 0 Å². The van der Waals surface area contributed by atoms with Gasteiger partial charge in [0.1, 0.15) is 24.7 Å². The zero-order chi connectivity index (χ0) is 22.8. The van der Waals surface area contributed by atoms with E-state index in [0.717, 1.165) is 41.3 Å². The molecule has 0 aliphatic carbocycles. The summed E-state index contributed by atoms with van der Waals surface area (Å²) in [5.41, 5.74) is 6.01. The van der Waals surface area contributed by atoms with Crippen molar-refractivity contribution in [1.82, 2.24) is 14.7 Å². The minimum Gasteiger partial charge on any atom is -0.489 e. The highest BCUT2D eigenvalue weighted by Gasteiger charge is 2.17. The summed E-state index contributed by atoms with van der Waals surface area (Å²) >= 11 is 0. The molecule has 1 fully saturated rings. The Labute approximate surface area is 197 Å². The molecule has 3 heterocycles. The number of fused-ring (bicyclic) bond motifs is 2. The second kappa shape index (κ2) is 9.60. The van der Waals surface area contributed by atoms with Crippen LogP contribution in [0.4, 0.5) is 0 Å². The number of hydrogen-bond donors (Lipinski definition) is 0. The molecule has 0 N–H and O–H groups in total. The van der Waals surface area contributed by atoms with Crippen LogP contribution in [0, 0.1) is 0 Å². The molecule has 0 saturated carbocycles. The first-order valence-corrected chi connectivity index (χ1v) is 12.4. The summed E-state index contributed by atoms with van der Waals surface area (Å²) in [6.45, 7) is 11.1. The van der Waals surface area contributed by atoms with Crippen molar-refractivity contribution in [3.05, 3.63) is 58.8 Å². The van der Waals surface area contributed by atoms with Gasteiger partial charge in [0.25, 0.3) is 0 Å². The van der Waals surface area contributed by atoms with Crippen LogP contribution in [0.1, 0.15) is 62.9 Å². The van der Waals surface area contributed by atoms with Crippen molar-refractivity contribution in [3.8, 4) is 11.5 Å². The lowest BCUT2D eigenvalue weighted by Crippen LogP contribution is -2.32. The van der Waals surface area contributed by atoms with Crippen molar-refractivity contribution < 1.29 is 9.47 Å². The molecule has 1 saturated heterocycles. The Hall–Kier alpha value is -2.79. The van der Waals surface area contributed by atoms with Gasteiger partial charge in [0, 0.05) is 29.6 Å². The Morgan fingerprint density at radius 2 is 1.91 bits per heavy atom. The van der Waals surface area contributed by atoms with Crippen LogP contribution in [-0.4, -0.2) is 40.9 Å². The molecule has 5 heteroatoms. The van der Waals surface area contributed by atoms with Gasteiger partial charge in [0.05, 0.1) is 11.2 Å². The van der Waals surface area contributed by atoms with Gasteiger partial charge in [-0.05, 0) is 87.7 Å². The lowest BCUT2D eigenvalue weighted by Gasteiger charge is -2.29. The molecule has 3 aromatic rings. The molecule has 0 radical (unpaired) electrons. The highest BCUT2D eigenvalue weighted by atomic mass is 16.5. The van der Waals surface area contributed by atoms with E-state index in [-0.39, 0.29) is 0 Å². The molecule has 0 amide bonds.